The van der Waals surface area contributed by atoms with Crippen LogP contribution in [0.3, 0.4) is 0 Å². The molecule has 0 spiro atoms. The summed E-state index contributed by atoms with van der Waals surface area (Å²) in [5.41, 5.74) is 0.988. The summed E-state index contributed by atoms with van der Waals surface area (Å²) in [6.45, 7) is 2.18. The number of carbonyl (C=O) groups excluding carboxylic acids is 1. The zero-order valence-corrected chi connectivity index (χ0v) is 12.6. The summed E-state index contributed by atoms with van der Waals surface area (Å²) in [5.74, 6) is 2.79. The molecule has 0 heterocycles. The van der Waals surface area contributed by atoms with Crippen molar-refractivity contribution in [3.8, 4) is 18.1 Å². The lowest BCUT2D eigenvalue weighted by atomic mass is 10.1. The van der Waals surface area contributed by atoms with Crippen LogP contribution in [0.2, 0.25) is 0 Å². The molecule has 1 amide bonds. The van der Waals surface area contributed by atoms with Gasteiger partial charge in [0.1, 0.15) is 5.75 Å². The van der Waals surface area contributed by atoms with Gasteiger partial charge >= 0.3 is 0 Å². The van der Waals surface area contributed by atoms with Crippen LogP contribution in [0.1, 0.15) is 18.5 Å². The molecule has 0 bridgehead atoms. The molecular formula is C14H17BrN2O2. The average molecular weight is 325 g/mol. The van der Waals surface area contributed by atoms with Gasteiger partial charge in [-0.05, 0) is 32.2 Å². The zero-order chi connectivity index (χ0) is 14.3. The number of rotatable bonds is 6. The Bertz CT molecular complexity index is 483. The molecule has 0 fully saturated rings. The average Bonchev–Trinajstić information content (AvgIpc) is 2.42. The number of hydrogen-bond acceptors (Lipinski definition) is 3. The summed E-state index contributed by atoms with van der Waals surface area (Å²) in [4.78, 5) is 11.4. The Balaban J connectivity index is 2.72. The molecule has 0 aromatic heterocycles. The van der Waals surface area contributed by atoms with Crippen molar-refractivity contribution in [1.82, 2.24) is 10.6 Å². The first-order valence-electron chi connectivity index (χ1n) is 5.88. The number of carbonyl (C=O) groups is 1. The van der Waals surface area contributed by atoms with Gasteiger partial charge in [0, 0.05) is 16.1 Å². The van der Waals surface area contributed by atoms with E-state index in [1.807, 2.05) is 32.2 Å². The lowest BCUT2D eigenvalue weighted by Gasteiger charge is -2.16. The maximum atomic E-state index is 11.4. The third-order valence-electron chi connectivity index (χ3n) is 2.62. The molecule has 2 N–H and O–H groups in total. The standard InChI is InChI=1S/C14H17BrN2O2/c1-4-7-17-14(18)9-19-13-6-5-11(15)8-12(13)10(2)16-3/h1,5-6,8,10,16H,7,9H2,2-3H3,(H,17,18). The van der Waals surface area contributed by atoms with Crippen molar-refractivity contribution in [2.24, 2.45) is 0 Å². The maximum absolute atomic E-state index is 11.4. The third-order valence-corrected chi connectivity index (χ3v) is 3.11. The Morgan fingerprint density at radius 1 is 1.58 bits per heavy atom. The van der Waals surface area contributed by atoms with Crippen molar-refractivity contribution in [3.05, 3.63) is 28.2 Å². The Labute approximate surface area is 122 Å². The molecule has 0 aliphatic carbocycles. The summed E-state index contributed by atoms with van der Waals surface area (Å²) in [6, 6.07) is 5.80. The minimum absolute atomic E-state index is 0.0489. The van der Waals surface area contributed by atoms with Gasteiger partial charge in [0.15, 0.2) is 6.61 Å². The van der Waals surface area contributed by atoms with Gasteiger partial charge in [-0.3, -0.25) is 4.79 Å². The van der Waals surface area contributed by atoms with Crippen molar-refractivity contribution in [2.75, 3.05) is 20.2 Å². The molecule has 0 aliphatic heterocycles. The molecule has 19 heavy (non-hydrogen) atoms. The Morgan fingerprint density at radius 3 is 2.95 bits per heavy atom. The Morgan fingerprint density at radius 2 is 2.32 bits per heavy atom. The summed E-state index contributed by atoms with van der Waals surface area (Å²) in [7, 11) is 1.87. The lowest BCUT2D eigenvalue weighted by molar-refractivity contribution is -0.122. The zero-order valence-electron chi connectivity index (χ0n) is 11.0. The predicted octanol–water partition coefficient (Wildman–Crippen LogP) is 1.86. The lowest BCUT2D eigenvalue weighted by Crippen LogP contribution is -2.29. The number of benzene rings is 1. The molecule has 1 aromatic rings. The highest BCUT2D eigenvalue weighted by Gasteiger charge is 2.12. The van der Waals surface area contributed by atoms with E-state index < -0.39 is 0 Å². The monoisotopic (exact) mass is 324 g/mol. The smallest absolute Gasteiger partial charge is 0.258 e. The van der Waals surface area contributed by atoms with E-state index in [2.05, 4.69) is 32.5 Å². The van der Waals surface area contributed by atoms with Gasteiger partial charge in [-0.1, -0.05) is 21.9 Å². The molecular weight excluding hydrogens is 308 g/mol. The molecule has 0 radical (unpaired) electrons. The van der Waals surface area contributed by atoms with Gasteiger partial charge in [-0.15, -0.1) is 6.42 Å². The van der Waals surface area contributed by atoms with E-state index in [-0.39, 0.29) is 25.1 Å². The minimum atomic E-state index is -0.232. The van der Waals surface area contributed by atoms with Crippen LogP contribution in [-0.4, -0.2) is 26.1 Å². The van der Waals surface area contributed by atoms with Gasteiger partial charge in [0.05, 0.1) is 6.54 Å². The Hall–Kier alpha value is -1.51. The van der Waals surface area contributed by atoms with E-state index in [1.165, 1.54) is 0 Å². The highest BCUT2D eigenvalue weighted by atomic mass is 79.9. The summed E-state index contributed by atoms with van der Waals surface area (Å²) >= 11 is 3.42. The summed E-state index contributed by atoms with van der Waals surface area (Å²) < 4.78 is 6.50. The largest absolute Gasteiger partial charge is 0.483 e. The molecule has 5 heteroatoms. The number of halogens is 1. The van der Waals surface area contributed by atoms with Crippen LogP contribution in [0.15, 0.2) is 22.7 Å². The predicted molar refractivity (Wildman–Crippen MR) is 79.0 cm³/mol. The second-order valence-electron chi connectivity index (χ2n) is 3.96. The first kappa shape index (κ1) is 15.5. The minimum Gasteiger partial charge on any atom is -0.483 e. The topological polar surface area (TPSA) is 50.4 Å². The van der Waals surface area contributed by atoms with Gasteiger partial charge in [0.2, 0.25) is 0 Å². The molecule has 0 aliphatic rings. The molecule has 0 saturated heterocycles. The second-order valence-corrected chi connectivity index (χ2v) is 4.88. The van der Waals surface area contributed by atoms with Crippen molar-refractivity contribution in [2.45, 2.75) is 13.0 Å². The highest BCUT2D eigenvalue weighted by Crippen LogP contribution is 2.28. The molecule has 4 nitrogen and oxygen atoms in total. The van der Waals surface area contributed by atoms with Gasteiger partial charge < -0.3 is 15.4 Å². The van der Waals surface area contributed by atoms with Crippen LogP contribution < -0.4 is 15.4 Å². The van der Waals surface area contributed by atoms with Crippen molar-refractivity contribution in [3.63, 3.8) is 0 Å². The number of hydrogen-bond donors (Lipinski definition) is 2. The molecule has 1 aromatic carbocycles. The van der Waals surface area contributed by atoms with Crippen LogP contribution in [0.5, 0.6) is 5.75 Å². The summed E-state index contributed by atoms with van der Waals surface area (Å²) in [5, 5.41) is 5.69. The first-order chi connectivity index (χ1) is 9.08. The highest BCUT2D eigenvalue weighted by molar-refractivity contribution is 9.10. The van der Waals surface area contributed by atoms with Crippen molar-refractivity contribution in [1.29, 1.82) is 0 Å². The first-order valence-corrected chi connectivity index (χ1v) is 6.67. The van der Waals surface area contributed by atoms with Crippen LogP contribution in [0.25, 0.3) is 0 Å². The molecule has 1 rings (SSSR count). The van der Waals surface area contributed by atoms with Crippen LogP contribution in [0, 0.1) is 12.3 Å². The van der Waals surface area contributed by atoms with E-state index in [0.717, 1.165) is 10.0 Å². The van der Waals surface area contributed by atoms with Crippen molar-refractivity contribution >= 4 is 21.8 Å². The molecule has 1 unspecified atom stereocenters. The normalized spacial score (nSPS) is 11.5. The van der Waals surface area contributed by atoms with E-state index in [0.29, 0.717) is 5.75 Å². The van der Waals surface area contributed by atoms with Gasteiger partial charge in [0.25, 0.3) is 5.91 Å². The molecule has 1 atom stereocenters. The third kappa shape index (κ3) is 4.93. The number of amides is 1. The number of terminal acetylenes is 1. The van der Waals surface area contributed by atoms with Crippen molar-refractivity contribution < 1.29 is 9.53 Å². The number of ether oxygens (including phenoxy) is 1. The van der Waals surface area contributed by atoms with Crippen LogP contribution >= 0.6 is 15.9 Å². The molecule has 0 saturated carbocycles. The van der Waals surface area contributed by atoms with E-state index in [1.54, 1.807) is 0 Å². The van der Waals surface area contributed by atoms with Gasteiger partial charge in [-0.25, -0.2) is 0 Å². The Kier molecular flexibility index (Phi) is 6.40. The van der Waals surface area contributed by atoms with Crippen LogP contribution in [-0.2, 0) is 4.79 Å². The van der Waals surface area contributed by atoms with Crippen LogP contribution in [0.4, 0.5) is 0 Å². The van der Waals surface area contributed by atoms with E-state index >= 15 is 0 Å². The van der Waals surface area contributed by atoms with Gasteiger partial charge in [-0.2, -0.15) is 0 Å². The van der Waals surface area contributed by atoms with E-state index in [9.17, 15) is 4.79 Å². The summed E-state index contributed by atoms with van der Waals surface area (Å²) in [6.07, 6.45) is 5.06. The second kappa shape index (κ2) is 7.82. The number of nitrogens with one attached hydrogen (secondary N) is 2. The fourth-order valence-corrected chi connectivity index (χ4v) is 1.87. The van der Waals surface area contributed by atoms with E-state index in [4.69, 9.17) is 11.2 Å². The SMILES string of the molecule is C#CCNC(=O)COc1ccc(Br)cc1C(C)NC. The fourth-order valence-electron chi connectivity index (χ4n) is 1.49. The maximum Gasteiger partial charge on any atom is 0.258 e. The fraction of sp³-hybridized carbons (Fsp3) is 0.357. The quantitative estimate of drug-likeness (QED) is 0.785. The molecule has 102 valence electrons.